The van der Waals surface area contributed by atoms with Gasteiger partial charge in [0.1, 0.15) is 6.67 Å². The lowest BCUT2D eigenvalue weighted by molar-refractivity contribution is -0.148. The highest BCUT2D eigenvalue weighted by Gasteiger charge is 2.48. The first-order valence-corrected chi connectivity index (χ1v) is 7.82. The van der Waals surface area contributed by atoms with E-state index in [0.717, 1.165) is 9.80 Å². The Morgan fingerprint density at radius 1 is 1.36 bits per heavy atom. The van der Waals surface area contributed by atoms with Crippen LogP contribution in [0.15, 0.2) is 43.0 Å². The van der Waals surface area contributed by atoms with E-state index < -0.39 is 23.3 Å². The third kappa shape index (κ3) is 3.69. The third-order valence-corrected chi connectivity index (χ3v) is 4.29. The maximum atomic E-state index is 13.1. The van der Waals surface area contributed by atoms with Gasteiger partial charge in [0.2, 0.25) is 5.91 Å². The van der Waals surface area contributed by atoms with Crippen molar-refractivity contribution in [3.63, 3.8) is 0 Å². The molecular weight excluding hydrogens is 322 g/mol. The fraction of sp³-hybridized carbons (Fsp3) is 0.333. The number of hydrogen-bond donors (Lipinski definition) is 1. The van der Waals surface area contributed by atoms with Gasteiger partial charge in [-0.1, -0.05) is 24.3 Å². The van der Waals surface area contributed by atoms with Crippen LogP contribution in [-0.2, 0) is 4.79 Å². The van der Waals surface area contributed by atoms with E-state index in [2.05, 4.69) is 6.58 Å². The lowest BCUT2D eigenvalue weighted by Crippen LogP contribution is -2.61. The smallest absolute Gasteiger partial charge is 0.408 e. The minimum absolute atomic E-state index is 0.0621. The van der Waals surface area contributed by atoms with Crippen molar-refractivity contribution in [2.45, 2.75) is 19.3 Å². The first-order chi connectivity index (χ1) is 11.9. The summed E-state index contributed by atoms with van der Waals surface area (Å²) in [5, 5.41) is 18.3. The van der Waals surface area contributed by atoms with Gasteiger partial charge in [-0.2, -0.15) is 5.26 Å². The van der Waals surface area contributed by atoms with Gasteiger partial charge in [-0.3, -0.25) is 19.4 Å². The van der Waals surface area contributed by atoms with Crippen molar-refractivity contribution in [1.29, 1.82) is 5.26 Å². The molecule has 0 radical (unpaired) electrons. The van der Waals surface area contributed by atoms with Crippen LogP contribution in [0.5, 0.6) is 0 Å². The number of nitrogens with zero attached hydrogens (tertiary/aromatic N) is 3. The molecule has 0 spiro atoms. The minimum Gasteiger partial charge on any atom is -0.465 e. The van der Waals surface area contributed by atoms with Crippen molar-refractivity contribution in [2.75, 3.05) is 13.2 Å². The Morgan fingerprint density at radius 3 is 2.60 bits per heavy atom. The molecule has 1 aliphatic rings. The fourth-order valence-electron chi connectivity index (χ4n) is 3.04. The molecule has 7 nitrogen and oxygen atoms in total. The second-order valence-electron chi connectivity index (χ2n) is 5.96. The van der Waals surface area contributed by atoms with Crippen molar-refractivity contribution in [1.82, 2.24) is 9.80 Å². The molecule has 0 saturated carbocycles. The summed E-state index contributed by atoms with van der Waals surface area (Å²) in [5.74, 6) is -1.02. The maximum Gasteiger partial charge on any atom is 0.408 e. The lowest BCUT2D eigenvalue weighted by Gasteiger charge is -2.44. The van der Waals surface area contributed by atoms with Crippen LogP contribution in [0, 0.1) is 16.7 Å². The highest BCUT2D eigenvalue weighted by molar-refractivity contribution is 6.07. The maximum absolute atomic E-state index is 13.1. The highest BCUT2D eigenvalue weighted by Crippen LogP contribution is 2.36. The molecule has 0 unspecified atom stereocenters. The number of allylic oxidation sites excluding steroid dienone is 1. The zero-order chi connectivity index (χ0) is 18.4. The monoisotopic (exact) mass is 341 g/mol. The van der Waals surface area contributed by atoms with Gasteiger partial charge in [-0.05, 0) is 25.0 Å². The van der Waals surface area contributed by atoms with Gasteiger partial charge in [0, 0.05) is 18.5 Å². The molecule has 1 heterocycles. The third-order valence-electron chi connectivity index (χ3n) is 4.29. The Bertz CT molecular complexity index is 726. The van der Waals surface area contributed by atoms with Crippen LogP contribution in [0.25, 0.3) is 0 Å². The van der Waals surface area contributed by atoms with Crippen molar-refractivity contribution >= 4 is 17.9 Å². The largest absolute Gasteiger partial charge is 0.465 e. The molecular formula is C18H19N3O4. The average molecular weight is 341 g/mol. The number of benzene rings is 1. The predicted molar refractivity (Wildman–Crippen MR) is 89.3 cm³/mol. The summed E-state index contributed by atoms with van der Waals surface area (Å²) in [4.78, 5) is 39.3. The van der Waals surface area contributed by atoms with E-state index in [1.807, 2.05) is 6.07 Å². The van der Waals surface area contributed by atoms with Crippen molar-refractivity contribution in [3.8, 4) is 6.07 Å². The van der Waals surface area contributed by atoms with E-state index in [1.54, 1.807) is 30.3 Å². The summed E-state index contributed by atoms with van der Waals surface area (Å²) in [6, 6.07) is 10.2. The summed E-state index contributed by atoms with van der Waals surface area (Å²) in [5.41, 5.74) is -0.852. The molecule has 1 aromatic carbocycles. The SMILES string of the molecule is C=CC[C@]1(CCC#N)CN(C(=O)O)CN(C(=O)c2ccccc2)C1=O. The highest BCUT2D eigenvalue weighted by atomic mass is 16.4. The molecule has 1 aliphatic heterocycles. The van der Waals surface area contributed by atoms with Gasteiger partial charge in [0.05, 0.1) is 11.5 Å². The number of carboxylic acid groups (broad SMARTS) is 1. The van der Waals surface area contributed by atoms with Crippen molar-refractivity contribution < 1.29 is 19.5 Å². The number of carbonyl (C=O) groups excluding carboxylic acids is 2. The van der Waals surface area contributed by atoms with E-state index in [4.69, 9.17) is 5.26 Å². The van der Waals surface area contributed by atoms with Gasteiger partial charge in [0.15, 0.2) is 0 Å². The number of amides is 3. The molecule has 0 aliphatic carbocycles. The molecule has 130 valence electrons. The molecule has 2 rings (SSSR count). The van der Waals surface area contributed by atoms with Crippen LogP contribution in [0.1, 0.15) is 29.6 Å². The topological polar surface area (TPSA) is 102 Å². The van der Waals surface area contributed by atoms with Gasteiger partial charge < -0.3 is 5.11 Å². The summed E-state index contributed by atoms with van der Waals surface area (Å²) >= 11 is 0. The summed E-state index contributed by atoms with van der Waals surface area (Å²) in [7, 11) is 0. The molecule has 0 bridgehead atoms. The number of hydrogen-bond acceptors (Lipinski definition) is 4. The standard InChI is InChI=1S/C18H19N3O4/c1-2-9-18(10-6-11-19)12-20(17(24)25)13-21(16(18)23)15(22)14-7-4-3-5-8-14/h2-5,7-8H,1,6,9-10,12-13H2,(H,24,25)/t18-/m0/s1. The molecule has 0 aromatic heterocycles. The molecule has 1 saturated heterocycles. The lowest BCUT2D eigenvalue weighted by atomic mass is 9.77. The van der Waals surface area contributed by atoms with E-state index in [9.17, 15) is 19.5 Å². The minimum atomic E-state index is -1.22. The first kappa shape index (κ1) is 18.2. The zero-order valence-electron chi connectivity index (χ0n) is 13.7. The molecule has 25 heavy (non-hydrogen) atoms. The Balaban J connectivity index is 2.43. The average Bonchev–Trinajstić information content (AvgIpc) is 2.62. The van der Waals surface area contributed by atoms with Gasteiger partial charge in [-0.25, -0.2) is 4.79 Å². The Hall–Kier alpha value is -3.14. The van der Waals surface area contributed by atoms with E-state index in [1.165, 1.54) is 6.08 Å². The number of carbonyl (C=O) groups is 3. The van der Waals surface area contributed by atoms with E-state index in [0.29, 0.717) is 5.56 Å². The molecule has 3 amide bonds. The zero-order valence-corrected chi connectivity index (χ0v) is 13.7. The van der Waals surface area contributed by atoms with E-state index >= 15 is 0 Å². The van der Waals surface area contributed by atoms with Gasteiger partial charge in [-0.15, -0.1) is 6.58 Å². The van der Waals surface area contributed by atoms with E-state index in [-0.39, 0.29) is 32.5 Å². The Labute approximate surface area is 145 Å². The number of nitriles is 1. The fourth-order valence-corrected chi connectivity index (χ4v) is 3.04. The Kier molecular flexibility index (Phi) is 5.55. The molecule has 1 fully saturated rings. The van der Waals surface area contributed by atoms with Crippen LogP contribution in [-0.4, -0.2) is 46.0 Å². The van der Waals surface area contributed by atoms with Crippen LogP contribution >= 0.6 is 0 Å². The number of rotatable bonds is 5. The summed E-state index contributed by atoms with van der Waals surface area (Å²) in [6.45, 7) is 3.25. The quantitative estimate of drug-likeness (QED) is 0.655. The van der Waals surface area contributed by atoms with Crippen LogP contribution in [0.2, 0.25) is 0 Å². The van der Waals surface area contributed by atoms with Crippen molar-refractivity contribution in [2.24, 2.45) is 5.41 Å². The van der Waals surface area contributed by atoms with Crippen LogP contribution < -0.4 is 0 Å². The molecule has 1 N–H and O–H groups in total. The predicted octanol–water partition coefficient (Wildman–Crippen LogP) is 2.47. The first-order valence-electron chi connectivity index (χ1n) is 7.82. The second kappa shape index (κ2) is 7.62. The second-order valence-corrected chi connectivity index (χ2v) is 5.96. The molecule has 1 atom stereocenters. The number of imide groups is 1. The van der Waals surface area contributed by atoms with Gasteiger partial charge in [0.25, 0.3) is 5.91 Å². The summed E-state index contributed by atoms with van der Waals surface area (Å²) in [6.07, 6.45) is 0.738. The normalized spacial score (nSPS) is 20.0. The van der Waals surface area contributed by atoms with Gasteiger partial charge >= 0.3 is 6.09 Å². The van der Waals surface area contributed by atoms with Crippen molar-refractivity contribution in [3.05, 3.63) is 48.6 Å². The Morgan fingerprint density at radius 2 is 2.04 bits per heavy atom. The molecule has 1 aromatic rings. The molecule has 7 heteroatoms. The van der Waals surface area contributed by atoms with Crippen LogP contribution in [0.4, 0.5) is 4.79 Å². The van der Waals surface area contributed by atoms with Crippen LogP contribution in [0.3, 0.4) is 0 Å². The summed E-state index contributed by atoms with van der Waals surface area (Å²) < 4.78 is 0.